The second kappa shape index (κ2) is 3.59. The predicted octanol–water partition coefficient (Wildman–Crippen LogP) is 1.70. The van der Waals surface area contributed by atoms with E-state index in [0.717, 1.165) is 12.8 Å². The van der Waals surface area contributed by atoms with Gasteiger partial charge in [0.25, 0.3) is 0 Å². The summed E-state index contributed by atoms with van der Waals surface area (Å²) in [6.07, 6.45) is 5.86. The van der Waals surface area contributed by atoms with Gasteiger partial charge >= 0.3 is 5.97 Å². The number of carbonyl (C=O) groups is 1. The van der Waals surface area contributed by atoms with Crippen LogP contribution >= 0.6 is 0 Å². The number of hydrogen-bond donors (Lipinski definition) is 0. The molecule has 2 heteroatoms. The Kier molecular flexibility index (Phi) is 2.72. The molecule has 1 radical (unpaired) electrons. The van der Waals surface area contributed by atoms with Crippen LogP contribution in [-0.4, -0.2) is 12.1 Å². The van der Waals surface area contributed by atoms with Gasteiger partial charge in [-0.25, -0.2) is 0 Å². The summed E-state index contributed by atoms with van der Waals surface area (Å²) in [6.45, 7) is 1.86. The third kappa shape index (κ3) is 2.01. The minimum atomic E-state index is -0.0767. The van der Waals surface area contributed by atoms with Crippen LogP contribution in [0.3, 0.4) is 0 Å². The summed E-state index contributed by atoms with van der Waals surface area (Å²) in [5.41, 5.74) is 0. The van der Waals surface area contributed by atoms with Crippen molar-refractivity contribution in [3.05, 3.63) is 6.42 Å². The fraction of sp³-hybridized carbons (Fsp3) is 0.750. The molecule has 0 atom stereocenters. The van der Waals surface area contributed by atoms with Crippen molar-refractivity contribution >= 4 is 5.97 Å². The summed E-state index contributed by atoms with van der Waals surface area (Å²) < 4.78 is 5.06. The molecule has 2 nitrogen and oxygen atoms in total. The lowest BCUT2D eigenvalue weighted by atomic mass is 9.96. The molecular formula is C8H13O2. The summed E-state index contributed by atoms with van der Waals surface area (Å²) in [4.78, 5) is 10.8. The van der Waals surface area contributed by atoms with Crippen molar-refractivity contribution in [1.82, 2.24) is 0 Å². The second-order valence-corrected chi connectivity index (χ2v) is 2.66. The summed E-state index contributed by atoms with van der Waals surface area (Å²) in [5, 5.41) is 0. The van der Waals surface area contributed by atoms with Crippen molar-refractivity contribution < 1.29 is 9.53 Å². The Bertz CT molecular complexity index is 116. The molecule has 0 spiro atoms. The highest BCUT2D eigenvalue weighted by molar-refractivity contribution is 5.70. The zero-order valence-corrected chi connectivity index (χ0v) is 6.30. The fourth-order valence-electron chi connectivity index (χ4n) is 0.889. The van der Waals surface area contributed by atoms with Crippen LogP contribution < -0.4 is 0 Å². The molecule has 0 saturated heterocycles. The van der Waals surface area contributed by atoms with Crippen LogP contribution in [0.15, 0.2) is 0 Å². The predicted molar refractivity (Wildman–Crippen MR) is 38.3 cm³/mol. The quantitative estimate of drug-likeness (QED) is 0.559. The van der Waals surface area contributed by atoms with Gasteiger partial charge in [0.2, 0.25) is 0 Å². The molecule has 0 unspecified atom stereocenters. The Morgan fingerprint density at radius 3 is 2.80 bits per heavy atom. The van der Waals surface area contributed by atoms with Gasteiger partial charge in [-0.15, -0.1) is 0 Å². The summed E-state index contributed by atoms with van der Waals surface area (Å²) in [7, 11) is 0. The molecule has 0 amide bonds. The Morgan fingerprint density at radius 2 is 2.40 bits per heavy atom. The van der Waals surface area contributed by atoms with Crippen molar-refractivity contribution in [2.75, 3.05) is 0 Å². The maximum atomic E-state index is 10.8. The van der Waals surface area contributed by atoms with E-state index in [1.165, 1.54) is 6.42 Å². The Balaban J connectivity index is 2.05. The first-order valence-corrected chi connectivity index (χ1v) is 3.80. The average Bonchev–Trinajstić information content (AvgIpc) is 1.80. The molecule has 0 aromatic carbocycles. The molecule has 10 heavy (non-hydrogen) atoms. The number of ether oxygens (including phenoxy) is 1. The van der Waals surface area contributed by atoms with Gasteiger partial charge in [0, 0.05) is 6.42 Å². The largest absolute Gasteiger partial charge is 0.462 e. The van der Waals surface area contributed by atoms with Crippen LogP contribution in [0.25, 0.3) is 0 Å². The first-order valence-electron chi connectivity index (χ1n) is 3.80. The minimum Gasteiger partial charge on any atom is -0.462 e. The first kappa shape index (κ1) is 7.58. The van der Waals surface area contributed by atoms with Crippen LogP contribution in [0.5, 0.6) is 0 Å². The molecule has 1 rings (SSSR count). The molecule has 1 aliphatic rings. The van der Waals surface area contributed by atoms with Gasteiger partial charge < -0.3 is 4.74 Å². The lowest BCUT2D eigenvalue weighted by molar-refractivity contribution is -0.152. The summed E-state index contributed by atoms with van der Waals surface area (Å²) >= 11 is 0. The van der Waals surface area contributed by atoms with Gasteiger partial charge in [0.15, 0.2) is 0 Å². The van der Waals surface area contributed by atoms with Crippen molar-refractivity contribution in [1.29, 1.82) is 0 Å². The normalized spacial score (nSPS) is 18.1. The van der Waals surface area contributed by atoms with Gasteiger partial charge in [-0.2, -0.15) is 0 Å². The molecule has 57 valence electrons. The maximum absolute atomic E-state index is 10.8. The van der Waals surface area contributed by atoms with E-state index in [0.29, 0.717) is 6.42 Å². The fourth-order valence-corrected chi connectivity index (χ4v) is 0.889. The Morgan fingerprint density at radius 1 is 1.70 bits per heavy atom. The van der Waals surface area contributed by atoms with E-state index in [2.05, 4.69) is 0 Å². The Hall–Kier alpha value is -0.530. The number of hydrogen-bond acceptors (Lipinski definition) is 2. The molecule has 0 bridgehead atoms. The van der Waals surface area contributed by atoms with Crippen LogP contribution in [0.2, 0.25) is 0 Å². The molecule has 1 aliphatic carbocycles. The Labute approximate surface area is 61.6 Å². The molecule has 0 heterocycles. The molecule has 0 N–H and O–H groups in total. The van der Waals surface area contributed by atoms with Gasteiger partial charge in [0.05, 0.1) is 0 Å². The van der Waals surface area contributed by atoms with Crippen LogP contribution in [0.4, 0.5) is 0 Å². The SMILES string of the molecule is C[CH]CC(=O)OC1CCC1. The van der Waals surface area contributed by atoms with E-state index < -0.39 is 0 Å². The van der Waals surface area contributed by atoms with Crippen molar-refractivity contribution in [3.63, 3.8) is 0 Å². The zero-order chi connectivity index (χ0) is 7.40. The number of carbonyl (C=O) groups excluding carboxylic acids is 1. The van der Waals surface area contributed by atoms with Gasteiger partial charge in [-0.1, -0.05) is 6.92 Å². The maximum Gasteiger partial charge on any atom is 0.306 e. The van der Waals surface area contributed by atoms with Gasteiger partial charge in [0.1, 0.15) is 6.10 Å². The first-order chi connectivity index (χ1) is 4.83. The van der Waals surface area contributed by atoms with E-state index in [4.69, 9.17) is 4.74 Å². The van der Waals surface area contributed by atoms with E-state index in [9.17, 15) is 4.79 Å². The monoisotopic (exact) mass is 141 g/mol. The summed E-state index contributed by atoms with van der Waals surface area (Å²) in [5.74, 6) is -0.0767. The summed E-state index contributed by atoms with van der Waals surface area (Å²) in [6, 6.07) is 0. The van der Waals surface area contributed by atoms with Gasteiger partial charge in [-0.05, 0) is 25.7 Å². The van der Waals surface area contributed by atoms with Crippen molar-refractivity contribution in [2.24, 2.45) is 0 Å². The lowest BCUT2D eigenvalue weighted by Crippen LogP contribution is -2.24. The minimum absolute atomic E-state index is 0.0767. The molecule has 0 aliphatic heterocycles. The van der Waals surface area contributed by atoms with E-state index in [1.54, 1.807) is 0 Å². The molecular weight excluding hydrogens is 128 g/mol. The van der Waals surface area contributed by atoms with Gasteiger partial charge in [-0.3, -0.25) is 4.79 Å². The molecule has 0 aromatic rings. The van der Waals surface area contributed by atoms with Crippen LogP contribution in [0, 0.1) is 6.42 Å². The highest BCUT2D eigenvalue weighted by Crippen LogP contribution is 2.22. The van der Waals surface area contributed by atoms with Crippen LogP contribution in [0.1, 0.15) is 32.6 Å². The van der Waals surface area contributed by atoms with E-state index >= 15 is 0 Å². The molecule has 1 saturated carbocycles. The highest BCUT2D eigenvalue weighted by Gasteiger charge is 2.20. The molecule has 1 fully saturated rings. The van der Waals surface area contributed by atoms with Crippen molar-refractivity contribution in [3.8, 4) is 0 Å². The molecule has 0 aromatic heterocycles. The van der Waals surface area contributed by atoms with E-state index in [1.807, 2.05) is 13.3 Å². The van der Waals surface area contributed by atoms with Crippen molar-refractivity contribution in [2.45, 2.75) is 38.7 Å². The highest BCUT2D eigenvalue weighted by atomic mass is 16.5. The number of rotatable bonds is 3. The zero-order valence-electron chi connectivity index (χ0n) is 6.30. The van der Waals surface area contributed by atoms with Crippen LogP contribution in [-0.2, 0) is 9.53 Å². The second-order valence-electron chi connectivity index (χ2n) is 2.66. The standard InChI is InChI=1S/C8H13O2/c1-2-4-8(9)10-7-5-3-6-7/h2,7H,3-6H2,1H3. The smallest absolute Gasteiger partial charge is 0.306 e. The third-order valence-corrected chi connectivity index (χ3v) is 1.72. The lowest BCUT2D eigenvalue weighted by Gasteiger charge is -2.24. The topological polar surface area (TPSA) is 26.3 Å². The van der Waals surface area contributed by atoms with E-state index in [-0.39, 0.29) is 12.1 Å². The third-order valence-electron chi connectivity index (χ3n) is 1.72. The average molecular weight is 141 g/mol. The number of esters is 1.